The fraction of sp³-hybridized carbons (Fsp3) is 0.182. The Bertz CT molecular complexity index is 542. The number of rotatable bonds is 5. The van der Waals surface area contributed by atoms with Crippen molar-refractivity contribution in [2.75, 3.05) is 11.9 Å². The summed E-state index contributed by atoms with van der Waals surface area (Å²) >= 11 is 3.24. The van der Waals surface area contributed by atoms with Crippen LogP contribution in [0.25, 0.3) is 0 Å². The molecule has 0 spiro atoms. The third kappa shape index (κ3) is 3.07. The zero-order chi connectivity index (χ0) is 13.0. The number of hydrogen-bond acceptors (Lipinski definition) is 5. The Morgan fingerprint density at radius 3 is 3.00 bits per heavy atom. The van der Waals surface area contributed by atoms with Crippen molar-refractivity contribution in [3.05, 3.63) is 51.0 Å². The van der Waals surface area contributed by atoms with Crippen LogP contribution in [-0.2, 0) is 6.42 Å². The second kappa shape index (κ2) is 5.63. The normalized spacial score (nSPS) is 10.3. The van der Waals surface area contributed by atoms with E-state index < -0.39 is 4.92 Å². The van der Waals surface area contributed by atoms with Gasteiger partial charge in [-0.05, 0) is 28.1 Å². The molecule has 0 aliphatic heterocycles. The lowest BCUT2D eigenvalue weighted by atomic mass is 10.3. The molecular formula is C11H10BrN3O3. The van der Waals surface area contributed by atoms with Gasteiger partial charge in [-0.2, -0.15) is 0 Å². The van der Waals surface area contributed by atoms with Crippen molar-refractivity contribution in [1.29, 1.82) is 0 Å². The van der Waals surface area contributed by atoms with Gasteiger partial charge < -0.3 is 9.73 Å². The van der Waals surface area contributed by atoms with E-state index in [9.17, 15) is 10.1 Å². The molecule has 0 bridgehead atoms. The van der Waals surface area contributed by atoms with Gasteiger partial charge in [-0.15, -0.1) is 0 Å². The Labute approximate surface area is 111 Å². The molecular weight excluding hydrogens is 302 g/mol. The quantitative estimate of drug-likeness (QED) is 0.678. The number of anilines is 1. The molecule has 7 heteroatoms. The summed E-state index contributed by atoms with van der Waals surface area (Å²) < 4.78 is 5.76. The van der Waals surface area contributed by atoms with Crippen molar-refractivity contribution in [3.63, 3.8) is 0 Å². The van der Waals surface area contributed by atoms with Crippen LogP contribution in [0, 0.1) is 10.1 Å². The summed E-state index contributed by atoms with van der Waals surface area (Å²) in [5, 5.41) is 13.6. The molecule has 0 unspecified atom stereocenters. The van der Waals surface area contributed by atoms with E-state index in [2.05, 4.69) is 26.2 Å². The fourth-order valence-electron chi connectivity index (χ4n) is 1.42. The maximum atomic E-state index is 10.5. The third-order valence-electron chi connectivity index (χ3n) is 2.28. The average molecular weight is 312 g/mol. The Morgan fingerprint density at radius 1 is 1.56 bits per heavy atom. The molecule has 2 heterocycles. The molecule has 0 aliphatic rings. The number of nitrogens with zero attached hydrogens (tertiary/aromatic N) is 2. The van der Waals surface area contributed by atoms with E-state index >= 15 is 0 Å². The van der Waals surface area contributed by atoms with Crippen molar-refractivity contribution in [1.82, 2.24) is 4.98 Å². The van der Waals surface area contributed by atoms with E-state index in [1.165, 1.54) is 12.3 Å². The predicted molar refractivity (Wildman–Crippen MR) is 69.5 cm³/mol. The van der Waals surface area contributed by atoms with Gasteiger partial charge in [0.2, 0.25) is 0 Å². The Morgan fingerprint density at radius 2 is 2.39 bits per heavy atom. The molecule has 0 atom stereocenters. The first kappa shape index (κ1) is 12.6. The molecule has 0 amide bonds. The van der Waals surface area contributed by atoms with Gasteiger partial charge in [-0.25, -0.2) is 4.98 Å². The molecule has 2 aromatic heterocycles. The Hall–Kier alpha value is -1.89. The summed E-state index contributed by atoms with van der Waals surface area (Å²) in [7, 11) is 0. The first-order valence-electron chi connectivity index (χ1n) is 5.23. The predicted octanol–water partition coefficient (Wildman–Crippen LogP) is 3.00. The van der Waals surface area contributed by atoms with Crippen LogP contribution in [0.1, 0.15) is 5.76 Å². The fourth-order valence-corrected chi connectivity index (χ4v) is 1.89. The molecule has 2 rings (SSSR count). The van der Waals surface area contributed by atoms with Gasteiger partial charge in [0.25, 0.3) is 5.69 Å². The van der Waals surface area contributed by atoms with Crippen LogP contribution in [0.15, 0.2) is 39.5 Å². The van der Waals surface area contributed by atoms with Gasteiger partial charge in [-0.3, -0.25) is 10.1 Å². The van der Waals surface area contributed by atoms with Gasteiger partial charge in [-0.1, -0.05) is 0 Å². The van der Waals surface area contributed by atoms with Crippen molar-refractivity contribution >= 4 is 27.4 Å². The molecule has 1 N–H and O–H groups in total. The minimum atomic E-state index is -0.482. The minimum Gasteiger partial charge on any atom is -0.469 e. The standard InChI is InChI=1S/C11H10BrN3O3/c12-10-6-8(15(16)17)7-14-11(10)13-4-3-9-2-1-5-18-9/h1-2,5-7H,3-4H2,(H,13,14). The molecule has 0 aromatic carbocycles. The van der Waals surface area contributed by atoms with Gasteiger partial charge >= 0.3 is 0 Å². The molecule has 0 aliphatic carbocycles. The summed E-state index contributed by atoms with van der Waals surface area (Å²) in [6.07, 6.45) is 3.56. The number of aromatic nitrogens is 1. The molecule has 6 nitrogen and oxygen atoms in total. The first-order valence-corrected chi connectivity index (χ1v) is 6.02. The highest BCUT2D eigenvalue weighted by Gasteiger charge is 2.10. The number of nitro groups is 1. The van der Waals surface area contributed by atoms with Gasteiger partial charge in [0.15, 0.2) is 0 Å². The van der Waals surface area contributed by atoms with E-state index in [1.54, 1.807) is 6.26 Å². The lowest BCUT2D eigenvalue weighted by Gasteiger charge is -2.05. The van der Waals surface area contributed by atoms with Crippen molar-refractivity contribution in [2.45, 2.75) is 6.42 Å². The highest BCUT2D eigenvalue weighted by Crippen LogP contribution is 2.24. The second-order valence-corrected chi connectivity index (χ2v) is 4.39. The van der Waals surface area contributed by atoms with E-state index in [1.807, 2.05) is 12.1 Å². The van der Waals surface area contributed by atoms with Crippen LogP contribution in [0.5, 0.6) is 0 Å². The topological polar surface area (TPSA) is 81.2 Å². The maximum absolute atomic E-state index is 10.5. The molecule has 0 fully saturated rings. The lowest BCUT2D eigenvalue weighted by Crippen LogP contribution is -2.06. The zero-order valence-corrected chi connectivity index (χ0v) is 10.9. The first-order chi connectivity index (χ1) is 8.66. The monoisotopic (exact) mass is 311 g/mol. The molecule has 0 saturated heterocycles. The van der Waals surface area contributed by atoms with Crippen LogP contribution >= 0.6 is 15.9 Å². The summed E-state index contributed by atoms with van der Waals surface area (Å²) in [4.78, 5) is 14.1. The number of pyridine rings is 1. The molecule has 0 saturated carbocycles. The highest BCUT2D eigenvalue weighted by molar-refractivity contribution is 9.10. The third-order valence-corrected chi connectivity index (χ3v) is 2.89. The largest absolute Gasteiger partial charge is 0.469 e. The summed E-state index contributed by atoms with van der Waals surface area (Å²) in [6, 6.07) is 5.14. The number of nitrogens with one attached hydrogen (secondary N) is 1. The van der Waals surface area contributed by atoms with Gasteiger partial charge in [0.1, 0.15) is 17.8 Å². The lowest BCUT2D eigenvalue weighted by molar-refractivity contribution is -0.385. The number of furan rings is 1. The van der Waals surface area contributed by atoms with Crippen LogP contribution in [-0.4, -0.2) is 16.5 Å². The van der Waals surface area contributed by atoms with Gasteiger partial charge in [0.05, 0.1) is 15.7 Å². The summed E-state index contributed by atoms with van der Waals surface area (Å²) in [6.45, 7) is 0.636. The average Bonchev–Trinajstić information content (AvgIpc) is 2.84. The van der Waals surface area contributed by atoms with Crippen molar-refractivity contribution < 1.29 is 9.34 Å². The van der Waals surface area contributed by atoms with Gasteiger partial charge in [0, 0.05) is 19.0 Å². The molecule has 2 aromatic rings. The SMILES string of the molecule is O=[N+]([O-])c1cnc(NCCc2ccco2)c(Br)c1. The Balaban J connectivity index is 1.95. The molecule has 18 heavy (non-hydrogen) atoms. The maximum Gasteiger partial charge on any atom is 0.288 e. The van der Waals surface area contributed by atoms with Crippen LogP contribution in [0.3, 0.4) is 0 Å². The smallest absolute Gasteiger partial charge is 0.288 e. The van der Waals surface area contributed by atoms with E-state index in [4.69, 9.17) is 4.42 Å². The van der Waals surface area contributed by atoms with E-state index in [0.717, 1.165) is 12.2 Å². The zero-order valence-electron chi connectivity index (χ0n) is 9.30. The molecule has 94 valence electrons. The number of hydrogen-bond donors (Lipinski definition) is 1. The molecule has 0 radical (unpaired) electrons. The summed E-state index contributed by atoms with van der Waals surface area (Å²) in [5.74, 6) is 1.45. The van der Waals surface area contributed by atoms with Crippen LogP contribution in [0.4, 0.5) is 11.5 Å². The van der Waals surface area contributed by atoms with Crippen molar-refractivity contribution in [3.8, 4) is 0 Å². The van der Waals surface area contributed by atoms with E-state index in [-0.39, 0.29) is 5.69 Å². The van der Waals surface area contributed by atoms with E-state index in [0.29, 0.717) is 16.8 Å². The number of halogens is 1. The minimum absolute atomic E-state index is 0.0431. The van der Waals surface area contributed by atoms with Crippen LogP contribution < -0.4 is 5.32 Å². The van der Waals surface area contributed by atoms with Crippen LogP contribution in [0.2, 0.25) is 0 Å². The highest BCUT2D eigenvalue weighted by atomic mass is 79.9. The summed E-state index contributed by atoms with van der Waals surface area (Å²) in [5.41, 5.74) is -0.0431. The van der Waals surface area contributed by atoms with Crippen molar-refractivity contribution in [2.24, 2.45) is 0 Å². The second-order valence-electron chi connectivity index (χ2n) is 3.54. The Kier molecular flexibility index (Phi) is 3.93.